The Hall–Kier alpha value is -2.55. The van der Waals surface area contributed by atoms with Gasteiger partial charge in [-0.05, 0) is 33.9 Å². The van der Waals surface area contributed by atoms with Crippen molar-refractivity contribution in [3.05, 3.63) is 47.5 Å². The standard InChI is InChI=1S/C16H11NO2/c18-14-5-4-11-12(16(14)19)6-9-2-1-3-10-7-17-8-13(11)15(9)10/h1-7,18-19H,8H2. The number of nitrogens with zero attached hydrogens (tertiary/aromatic N) is 1. The number of fused-ring (bicyclic) bond motifs is 2. The van der Waals surface area contributed by atoms with E-state index in [4.69, 9.17) is 0 Å². The molecule has 0 amide bonds. The first-order valence-corrected chi connectivity index (χ1v) is 6.15. The Kier molecular flexibility index (Phi) is 1.90. The highest BCUT2D eigenvalue weighted by Crippen LogP contribution is 2.40. The van der Waals surface area contributed by atoms with Crippen LogP contribution >= 0.6 is 0 Å². The minimum atomic E-state index is -0.0884. The van der Waals surface area contributed by atoms with Gasteiger partial charge in [0.05, 0.1) is 6.54 Å². The molecule has 3 aromatic carbocycles. The minimum Gasteiger partial charge on any atom is -0.504 e. The van der Waals surface area contributed by atoms with E-state index in [1.807, 2.05) is 36.5 Å². The molecule has 0 aromatic heterocycles. The zero-order valence-corrected chi connectivity index (χ0v) is 10.1. The molecule has 3 heteroatoms. The number of phenolic OH excluding ortho intramolecular Hbond substituents is 2. The lowest BCUT2D eigenvalue weighted by molar-refractivity contribution is 0.408. The van der Waals surface area contributed by atoms with Crippen molar-refractivity contribution in [2.24, 2.45) is 4.99 Å². The van der Waals surface area contributed by atoms with E-state index in [0.29, 0.717) is 11.9 Å². The van der Waals surface area contributed by atoms with Crippen LogP contribution in [0.2, 0.25) is 0 Å². The van der Waals surface area contributed by atoms with Crippen LogP contribution in [0, 0.1) is 0 Å². The second-order valence-corrected chi connectivity index (χ2v) is 4.80. The summed E-state index contributed by atoms with van der Waals surface area (Å²) >= 11 is 0. The third-order valence-electron chi connectivity index (χ3n) is 3.73. The summed E-state index contributed by atoms with van der Waals surface area (Å²) in [6, 6.07) is 11.3. The lowest BCUT2D eigenvalue weighted by Gasteiger charge is -2.16. The summed E-state index contributed by atoms with van der Waals surface area (Å²) in [4.78, 5) is 4.38. The van der Waals surface area contributed by atoms with E-state index >= 15 is 0 Å². The van der Waals surface area contributed by atoms with Crippen LogP contribution in [0.5, 0.6) is 11.5 Å². The van der Waals surface area contributed by atoms with Crippen LogP contribution in [0.15, 0.2) is 41.4 Å². The first-order valence-electron chi connectivity index (χ1n) is 6.15. The molecule has 3 nitrogen and oxygen atoms in total. The molecule has 0 saturated heterocycles. The van der Waals surface area contributed by atoms with Crippen molar-refractivity contribution in [1.82, 2.24) is 0 Å². The van der Waals surface area contributed by atoms with E-state index in [2.05, 4.69) is 4.99 Å². The number of phenols is 2. The Balaban J connectivity index is 2.30. The number of aliphatic imine (C=N–C) groups is 1. The van der Waals surface area contributed by atoms with Gasteiger partial charge >= 0.3 is 0 Å². The topological polar surface area (TPSA) is 52.8 Å². The van der Waals surface area contributed by atoms with Crippen molar-refractivity contribution in [3.63, 3.8) is 0 Å². The SMILES string of the molecule is Oc1ccc2c3c4c(cccc4cc2c1O)C=NC3. The first kappa shape index (κ1) is 10.4. The Morgan fingerprint density at radius 2 is 1.89 bits per heavy atom. The Labute approximate surface area is 109 Å². The molecule has 19 heavy (non-hydrogen) atoms. The van der Waals surface area contributed by atoms with Crippen LogP contribution in [-0.2, 0) is 6.54 Å². The lowest BCUT2D eigenvalue weighted by Crippen LogP contribution is -1.98. The zero-order chi connectivity index (χ0) is 13.0. The molecule has 0 atom stereocenters. The first-order chi connectivity index (χ1) is 9.25. The maximum Gasteiger partial charge on any atom is 0.165 e. The van der Waals surface area contributed by atoms with Crippen molar-refractivity contribution in [1.29, 1.82) is 0 Å². The number of benzene rings is 3. The van der Waals surface area contributed by atoms with Gasteiger partial charge in [0.25, 0.3) is 0 Å². The molecule has 0 aliphatic carbocycles. The summed E-state index contributed by atoms with van der Waals surface area (Å²) in [5, 5.41) is 23.6. The molecule has 2 N–H and O–H groups in total. The van der Waals surface area contributed by atoms with E-state index in [9.17, 15) is 10.2 Å². The van der Waals surface area contributed by atoms with E-state index < -0.39 is 0 Å². The average molecular weight is 249 g/mol. The van der Waals surface area contributed by atoms with Crippen LogP contribution < -0.4 is 0 Å². The number of hydrogen-bond donors (Lipinski definition) is 2. The van der Waals surface area contributed by atoms with Gasteiger partial charge in [-0.2, -0.15) is 0 Å². The normalized spacial score (nSPS) is 13.3. The van der Waals surface area contributed by atoms with Gasteiger partial charge in [0.15, 0.2) is 11.5 Å². The van der Waals surface area contributed by atoms with E-state index in [1.165, 1.54) is 11.5 Å². The highest BCUT2D eigenvalue weighted by Gasteiger charge is 2.15. The largest absolute Gasteiger partial charge is 0.504 e. The highest BCUT2D eigenvalue weighted by atomic mass is 16.3. The molecule has 92 valence electrons. The van der Waals surface area contributed by atoms with Crippen molar-refractivity contribution < 1.29 is 10.2 Å². The monoisotopic (exact) mass is 249 g/mol. The third-order valence-corrected chi connectivity index (χ3v) is 3.73. The fraction of sp³-hybridized carbons (Fsp3) is 0.0625. The summed E-state index contributed by atoms with van der Waals surface area (Å²) in [6.45, 7) is 0.606. The van der Waals surface area contributed by atoms with Crippen LogP contribution in [-0.4, -0.2) is 16.4 Å². The predicted molar refractivity (Wildman–Crippen MR) is 76.1 cm³/mol. The second kappa shape index (κ2) is 3.48. The molecule has 0 fully saturated rings. The number of hydrogen-bond acceptors (Lipinski definition) is 3. The van der Waals surface area contributed by atoms with Gasteiger partial charge in [0, 0.05) is 17.2 Å². The molecule has 0 saturated carbocycles. The molecule has 0 radical (unpaired) electrons. The lowest BCUT2D eigenvalue weighted by atomic mass is 9.92. The predicted octanol–water partition coefficient (Wildman–Crippen LogP) is 3.34. The van der Waals surface area contributed by atoms with Gasteiger partial charge in [0.2, 0.25) is 0 Å². The molecule has 0 unspecified atom stereocenters. The Morgan fingerprint density at radius 1 is 1.00 bits per heavy atom. The summed E-state index contributed by atoms with van der Waals surface area (Å²) in [5.41, 5.74) is 2.22. The summed E-state index contributed by atoms with van der Waals surface area (Å²) in [7, 11) is 0. The van der Waals surface area contributed by atoms with E-state index in [0.717, 1.165) is 21.9 Å². The number of rotatable bonds is 0. The summed E-state index contributed by atoms with van der Waals surface area (Å²) in [5.74, 6) is -0.148. The van der Waals surface area contributed by atoms with E-state index in [1.54, 1.807) is 0 Å². The maximum atomic E-state index is 10.0. The van der Waals surface area contributed by atoms with Crippen molar-refractivity contribution in [2.75, 3.05) is 0 Å². The van der Waals surface area contributed by atoms with Gasteiger partial charge in [0.1, 0.15) is 0 Å². The van der Waals surface area contributed by atoms with Crippen LogP contribution in [0.3, 0.4) is 0 Å². The summed E-state index contributed by atoms with van der Waals surface area (Å²) < 4.78 is 0. The third kappa shape index (κ3) is 1.30. The maximum absolute atomic E-state index is 10.0. The molecule has 1 heterocycles. The fourth-order valence-electron chi connectivity index (χ4n) is 2.86. The molecule has 1 aliphatic rings. The van der Waals surface area contributed by atoms with Crippen LogP contribution in [0.25, 0.3) is 21.5 Å². The second-order valence-electron chi connectivity index (χ2n) is 4.80. The quantitative estimate of drug-likeness (QED) is 0.474. The van der Waals surface area contributed by atoms with Gasteiger partial charge in [-0.3, -0.25) is 4.99 Å². The van der Waals surface area contributed by atoms with Gasteiger partial charge in [-0.15, -0.1) is 0 Å². The highest BCUT2D eigenvalue weighted by molar-refractivity contribution is 6.11. The number of aromatic hydroxyl groups is 2. The Morgan fingerprint density at radius 3 is 2.79 bits per heavy atom. The van der Waals surface area contributed by atoms with Crippen LogP contribution in [0.1, 0.15) is 11.1 Å². The fourth-order valence-corrected chi connectivity index (χ4v) is 2.86. The average Bonchev–Trinajstić information content (AvgIpc) is 2.44. The van der Waals surface area contributed by atoms with Crippen LogP contribution in [0.4, 0.5) is 0 Å². The van der Waals surface area contributed by atoms with Gasteiger partial charge in [-0.25, -0.2) is 0 Å². The summed E-state index contributed by atoms with van der Waals surface area (Å²) in [6.07, 6.45) is 1.89. The van der Waals surface area contributed by atoms with Crippen molar-refractivity contribution in [3.8, 4) is 11.5 Å². The molecule has 4 rings (SSSR count). The van der Waals surface area contributed by atoms with Crippen molar-refractivity contribution in [2.45, 2.75) is 6.54 Å². The van der Waals surface area contributed by atoms with Gasteiger partial charge in [-0.1, -0.05) is 24.3 Å². The minimum absolute atomic E-state index is 0.0596. The van der Waals surface area contributed by atoms with E-state index in [-0.39, 0.29) is 11.5 Å². The molecule has 0 bridgehead atoms. The van der Waals surface area contributed by atoms with Gasteiger partial charge < -0.3 is 10.2 Å². The van der Waals surface area contributed by atoms with Crippen molar-refractivity contribution >= 4 is 27.8 Å². The molecular formula is C16H11NO2. The zero-order valence-electron chi connectivity index (χ0n) is 10.1. The smallest absolute Gasteiger partial charge is 0.165 e. The molecular weight excluding hydrogens is 238 g/mol. The Bertz CT molecular complexity index is 866. The molecule has 3 aromatic rings. The molecule has 1 aliphatic heterocycles. The molecule has 0 spiro atoms.